The van der Waals surface area contributed by atoms with Crippen LogP contribution in [0, 0.1) is 0 Å². The molecule has 10 nitrogen and oxygen atoms in total. The third kappa shape index (κ3) is 5.88. The van der Waals surface area contributed by atoms with Crippen molar-refractivity contribution in [3.8, 4) is 11.4 Å². The van der Waals surface area contributed by atoms with E-state index in [4.69, 9.17) is 4.52 Å². The highest BCUT2D eigenvalue weighted by Gasteiger charge is 2.31. The van der Waals surface area contributed by atoms with Gasteiger partial charge in [-0.25, -0.2) is 9.97 Å². The van der Waals surface area contributed by atoms with Crippen LogP contribution in [-0.2, 0) is 11.0 Å². The molecule has 1 saturated heterocycles. The molecule has 2 N–H and O–H groups in total. The van der Waals surface area contributed by atoms with E-state index >= 15 is 0 Å². The van der Waals surface area contributed by atoms with Gasteiger partial charge in [-0.05, 0) is 43.2 Å². The Morgan fingerprint density at radius 3 is 2.55 bits per heavy atom. The quantitative estimate of drug-likeness (QED) is 0.358. The first-order valence-electron chi connectivity index (χ1n) is 11.8. The highest BCUT2D eigenvalue weighted by Crippen LogP contribution is 2.33. The van der Waals surface area contributed by atoms with Crippen molar-refractivity contribution in [1.82, 2.24) is 25.1 Å². The van der Waals surface area contributed by atoms with Gasteiger partial charge in [-0.2, -0.15) is 23.1 Å². The number of nitrogens with zero attached hydrogens (tertiary/aromatic N) is 6. The minimum absolute atomic E-state index is 0.0331. The average molecular weight is 525 g/mol. The van der Waals surface area contributed by atoms with Gasteiger partial charge in [0, 0.05) is 42.9 Å². The van der Waals surface area contributed by atoms with Crippen LogP contribution < -0.4 is 15.5 Å². The normalized spacial score (nSPS) is 14.4. The maximum Gasteiger partial charge on any atom is 0.416 e. The lowest BCUT2D eigenvalue weighted by Crippen LogP contribution is -2.34. The number of rotatable bonds is 6. The van der Waals surface area contributed by atoms with Crippen LogP contribution in [0.3, 0.4) is 0 Å². The lowest BCUT2D eigenvalue weighted by Gasteiger charge is -2.30. The number of halogens is 3. The fraction of sp³-hybridized carbons (Fsp3) is 0.280. The summed E-state index contributed by atoms with van der Waals surface area (Å²) in [5.74, 6) is 1.20. The number of aromatic nitrogens is 5. The van der Waals surface area contributed by atoms with Crippen LogP contribution in [0.5, 0.6) is 0 Å². The number of anilines is 4. The Balaban J connectivity index is 1.22. The van der Waals surface area contributed by atoms with Crippen LogP contribution in [0.1, 0.15) is 37.1 Å². The predicted octanol–water partition coefficient (Wildman–Crippen LogP) is 5.03. The van der Waals surface area contributed by atoms with E-state index in [0.717, 1.165) is 12.1 Å². The van der Waals surface area contributed by atoms with Gasteiger partial charge in [-0.15, -0.1) is 0 Å². The van der Waals surface area contributed by atoms with Gasteiger partial charge in [0.2, 0.25) is 29.5 Å². The van der Waals surface area contributed by atoms with Crippen molar-refractivity contribution in [2.45, 2.75) is 31.9 Å². The molecule has 2 aromatic carbocycles. The molecule has 0 radical (unpaired) electrons. The fourth-order valence-corrected chi connectivity index (χ4v) is 4.19. The second kappa shape index (κ2) is 10.4. The van der Waals surface area contributed by atoms with Crippen molar-refractivity contribution in [2.75, 3.05) is 28.6 Å². The summed E-state index contributed by atoms with van der Waals surface area (Å²) in [4.78, 5) is 30.7. The first kappa shape index (κ1) is 25.1. The molecule has 0 saturated carbocycles. The Labute approximate surface area is 215 Å². The maximum absolute atomic E-state index is 13.0. The van der Waals surface area contributed by atoms with Crippen molar-refractivity contribution in [3.63, 3.8) is 0 Å². The highest BCUT2D eigenvalue weighted by atomic mass is 19.4. The average Bonchev–Trinajstić information content (AvgIpc) is 3.39. The third-order valence-corrected chi connectivity index (χ3v) is 6.02. The Kier molecular flexibility index (Phi) is 6.90. The van der Waals surface area contributed by atoms with Crippen LogP contribution in [0.15, 0.2) is 59.4 Å². The SMILES string of the molecule is CC(=O)Nc1cccc(Nc2ncnc(N3CCC(c4nc(-c5cccc(C(F)(F)F)c5)no4)CC3)n2)c1. The summed E-state index contributed by atoms with van der Waals surface area (Å²) in [5, 5.41) is 9.75. The molecule has 1 amide bonds. The molecule has 3 heterocycles. The molecular weight excluding hydrogens is 501 g/mol. The van der Waals surface area contributed by atoms with Crippen LogP contribution >= 0.6 is 0 Å². The third-order valence-electron chi connectivity index (χ3n) is 6.02. The van der Waals surface area contributed by atoms with E-state index in [0.29, 0.717) is 55.1 Å². The molecule has 196 valence electrons. The molecule has 5 rings (SSSR count). The van der Waals surface area contributed by atoms with Crippen LogP contribution in [-0.4, -0.2) is 44.1 Å². The van der Waals surface area contributed by atoms with Gasteiger partial charge in [0.1, 0.15) is 6.33 Å². The van der Waals surface area contributed by atoms with Gasteiger partial charge >= 0.3 is 6.18 Å². The van der Waals surface area contributed by atoms with Gasteiger partial charge < -0.3 is 20.1 Å². The van der Waals surface area contributed by atoms with Crippen molar-refractivity contribution < 1.29 is 22.5 Å². The lowest BCUT2D eigenvalue weighted by atomic mass is 9.97. The number of carbonyl (C=O) groups is 1. The van der Waals surface area contributed by atoms with E-state index in [1.165, 1.54) is 25.4 Å². The summed E-state index contributed by atoms with van der Waals surface area (Å²) in [5.41, 5.74) is 0.845. The molecule has 0 atom stereocenters. The van der Waals surface area contributed by atoms with Crippen molar-refractivity contribution in [1.29, 1.82) is 0 Å². The standard InChI is InChI=1S/C25H23F3N8O2/c1-15(37)31-19-6-3-7-20(13-19)32-23-29-14-30-24(34-23)36-10-8-16(9-11-36)22-33-21(35-38-22)17-4-2-5-18(12-17)25(26,27)28/h2-7,12-14,16H,8-11H2,1H3,(H,31,37)(H,29,30,32,34). The fourth-order valence-electron chi connectivity index (χ4n) is 4.19. The largest absolute Gasteiger partial charge is 0.416 e. The minimum Gasteiger partial charge on any atom is -0.341 e. The van der Waals surface area contributed by atoms with Gasteiger partial charge in [0.15, 0.2) is 0 Å². The molecule has 38 heavy (non-hydrogen) atoms. The van der Waals surface area contributed by atoms with Crippen molar-refractivity contribution >= 4 is 29.2 Å². The Hall–Kier alpha value is -4.55. The number of benzene rings is 2. The van der Waals surface area contributed by atoms with Gasteiger partial charge in [0.25, 0.3) is 0 Å². The smallest absolute Gasteiger partial charge is 0.341 e. The van der Waals surface area contributed by atoms with Gasteiger partial charge in [0.05, 0.1) is 5.56 Å². The van der Waals surface area contributed by atoms with Crippen molar-refractivity contribution in [2.24, 2.45) is 0 Å². The zero-order valence-corrected chi connectivity index (χ0v) is 20.2. The van der Waals surface area contributed by atoms with Gasteiger partial charge in [-0.1, -0.05) is 23.4 Å². The Morgan fingerprint density at radius 2 is 1.79 bits per heavy atom. The number of piperidine rings is 1. The van der Waals surface area contributed by atoms with Crippen LogP contribution in [0.2, 0.25) is 0 Å². The molecule has 0 bridgehead atoms. The maximum atomic E-state index is 13.0. The molecule has 1 fully saturated rings. The second-order valence-electron chi connectivity index (χ2n) is 8.79. The summed E-state index contributed by atoms with van der Waals surface area (Å²) >= 11 is 0. The number of nitrogens with one attached hydrogen (secondary N) is 2. The lowest BCUT2D eigenvalue weighted by molar-refractivity contribution is -0.137. The number of alkyl halides is 3. The summed E-state index contributed by atoms with van der Waals surface area (Å²) in [6.07, 6.45) is -1.67. The summed E-state index contributed by atoms with van der Waals surface area (Å²) in [7, 11) is 0. The first-order valence-corrected chi connectivity index (χ1v) is 11.8. The van der Waals surface area contributed by atoms with Crippen molar-refractivity contribution in [3.05, 3.63) is 66.3 Å². The monoisotopic (exact) mass is 524 g/mol. The van der Waals surface area contributed by atoms with Crippen LogP contribution in [0.4, 0.5) is 36.4 Å². The molecule has 0 unspecified atom stereocenters. The predicted molar refractivity (Wildman–Crippen MR) is 133 cm³/mol. The summed E-state index contributed by atoms with van der Waals surface area (Å²) < 4.78 is 44.5. The number of hydrogen-bond acceptors (Lipinski definition) is 9. The van der Waals surface area contributed by atoms with E-state index < -0.39 is 11.7 Å². The Morgan fingerprint density at radius 1 is 1.03 bits per heavy atom. The number of hydrogen-bond donors (Lipinski definition) is 2. The number of carbonyl (C=O) groups excluding carboxylic acids is 1. The molecular formula is C25H23F3N8O2. The van der Waals surface area contributed by atoms with E-state index in [2.05, 4.69) is 35.7 Å². The molecule has 1 aliphatic rings. The number of amides is 1. The Bertz CT molecular complexity index is 1430. The zero-order valence-electron chi connectivity index (χ0n) is 20.2. The molecule has 13 heteroatoms. The molecule has 0 aliphatic carbocycles. The molecule has 0 spiro atoms. The molecule has 4 aromatic rings. The van der Waals surface area contributed by atoms with E-state index in [9.17, 15) is 18.0 Å². The summed E-state index contributed by atoms with van der Waals surface area (Å²) in [6, 6.07) is 12.1. The second-order valence-corrected chi connectivity index (χ2v) is 8.79. The minimum atomic E-state index is -4.45. The van der Waals surface area contributed by atoms with E-state index in [1.54, 1.807) is 18.2 Å². The van der Waals surface area contributed by atoms with E-state index in [-0.39, 0.29) is 23.2 Å². The highest BCUT2D eigenvalue weighted by molar-refractivity contribution is 5.89. The molecule has 2 aromatic heterocycles. The summed E-state index contributed by atoms with van der Waals surface area (Å²) in [6.45, 7) is 2.68. The van der Waals surface area contributed by atoms with Gasteiger partial charge in [-0.3, -0.25) is 4.79 Å². The topological polar surface area (TPSA) is 122 Å². The first-order chi connectivity index (χ1) is 18.2. The zero-order chi connectivity index (χ0) is 26.7. The van der Waals surface area contributed by atoms with Crippen LogP contribution in [0.25, 0.3) is 11.4 Å². The van der Waals surface area contributed by atoms with E-state index in [1.807, 2.05) is 11.0 Å². The molecule has 1 aliphatic heterocycles.